The van der Waals surface area contributed by atoms with E-state index in [9.17, 15) is 0 Å². The highest BCUT2D eigenvalue weighted by molar-refractivity contribution is 6.67. The standard InChI is InChI=1S/C28H60O2Si/c1-5-9-13-15-17-19-21-23-27-31(29-25-11-7-3,30-26-12-8-4)28-24-22-20-18-16-14-10-6-2/h5-28H2,1-4H3. The highest BCUT2D eigenvalue weighted by Gasteiger charge is 2.36. The second-order valence-corrected chi connectivity index (χ2v) is 13.2. The first-order valence-electron chi connectivity index (χ1n) is 14.5. The van der Waals surface area contributed by atoms with Crippen LogP contribution in [0.2, 0.25) is 12.1 Å². The van der Waals surface area contributed by atoms with Gasteiger partial charge in [-0.3, -0.25) is 0 Å². The summed E-state index contributed by atoms with van der Waals surface area (Å²) in [6.45, 7) is 11.0. The summed E-state index contributed by atoms with van der Waals surface area (Å²) in [5.74, 6) is 0. The van der Waals surface area contributed by atoms with Crippen LogP contribution >= 0.6 is 0 Å². The average Bonchev–Trinajstić information content (AvgIpc) is 2.77. The van der Waals surface area contributed by atoms with E-state index in [2.05, 4.69) is 27.7 Å². The van der Waals surface area contributed by atoms with Gasteiger partial charge in [0.1, 0.15) is 0 Å². The van der Waals surface area contributed by atoms with Crippen LogP contribution in [0.15, 0.2) is 0 Å². The lowest BCUT2D eigenvalue weighted by Crippen LogP contribution is -2.42. The van der Waals surface area contributed by atoms with Crippen LogP contribution in [-0.4, -0.2) is 21.8 Å². The van der Waals surface area contributed by atoms with E-state index >= 15 is 0 Å². The summed E-state index contributed by atoms with van der Waals surface area (Å²) in [5.41, 5.74) is 0. The fourth-order valence-electron chi connectivity index (χ4n) is 4.32. The van der Waals surface area contributed by atoms with Crippen molar-refractivity contribution in [1.82, 2.24) is 0 Å². The van der Waals surface area contributed by atoms with E-state index in [0.717, 1.165) is 13.2 Å². The molecule has 0 amide bonds. The molecule has 0 aliphatic heterocycles. The molecule has 0 aliphatic rings. The van der Waals surface area contributed by atoms with E-state index < -0.39 is 8.56 Å². The molecule has 0 radical (unpaired) electrons. The van der Waals surface area contributed by atoms with Crippen molar-refractivity contribution in [1.29, 1.82) is 0 Å². The van der Waals surface area contributed by atoms with Crippen LogP contribution in [0.3, 0.4) is 0 Å². The van der Waals surface area contributed by atoms with E-state index in [4.69, 9.17) is 8.85 Å². The molecule has 0 N–H and O–H groups in total. The zero-order valence-electron chi connectivity index (χ0n) is 22.3. The first-order chi connectivity index (χ1) is 15.2. The summed E-state index contributed by atoms with van der Waals surface area (Å²) in [4.78, 5) is 0. The van der Waals surface area contributed by atoms with E-state index in [1.807, 2.05) is 0 Å². The smallest absolute Gasteiger partial charge is 0.338 e. The number of rotatable bonds is 26. The molecule has 0 bridgehead atoms. The van der Waals surface area contributed by atoms with E-state index in [1.54, 1.807) is 0 Å². The molecule has 0 fully saturated rings. The number of hydrogen-bond acceptors (Lipinski definition) is 2. The van der Waals surface area contributed by atoms with Gasteiger partial charge < -0.3 is 8.85 Å². The van der Waals surface area contributed by atoms with Gasteiger partial charge in [0.15, 0.2) is 0 Å². The van der Waals surface area contributed by atoms with Crippen molar-refractivity contribution in [2.75, 3.05) is 13.2 Å². The van der Waals surface area contributed by atoms with Crippen LogP contribution < -0.4 is 0 Å². The second kappa shape index (κ2) is 24.8. The molecule has 0 spiro atoms. The predicted octanol–water partition coefficient (Wildman–Crippen LogP) is 10.3. The maximum atomic E-state index is 6.65. The fourth-order valence-corrected chi connectivity index (χ4v) is 7.84. The van der Waals surface area contributed by atoms with E-state index in [0.29, 0.717) is 0 Å². The van der Waals surface area contributed by atoms with Crippen LogP contribution in [0.1, 0.15) is 156 Å². The Kier molecular flexibility index (Phi) is 24.9. The van der Waals surface area contributed by atoms with Crippen molar-refractivity contribution in [3.63, 3.8) is 0 Å². The Morgan fingerprint density at radius 1 is 0.355 bits per heavy atom. The lowest BCUT2D eigenvalue weighted by atomic mass is 10.1. The van der Waals surface area contributed by atoms with Gasteiger partial charge >= 0.3 is 8.56 Å². The molecule has 31 heavy (non-hydrogen) atoms. The van der Waals surface area contributed by atoms with Gasteiger partial charge in [-0.1, -0.05) is 143 Å². The molecule has 0 atom stereocenters. The molecule has 0 aromatic rings. The third-order valence-electron chi connectivity index (χ3n) is 6.55. The Bertz CT molecular complexity index is 303. The van der Waals surface area contributed by atoms with E-state index in [1.165, 1.54) is 141 Å². The SMILES string of the molecule is CCCCCCCCCC[Si](CCCCCCCCCC)(OCCCC)OCCCC. The predicted molar refractivity (Wildman–Crippen MR) is 142 cm³/mol. The van der Waals surface area contributed by atoms with Gasteiger partial charge in [-0.05, 0) is 24.9 Å². The van der Waals surface area contributed by atoms with Crippen molar-refractivity contribution in [3.05, 3.63) is 0 Å². The van der Waals surface area contributed by atoms with Crippen LogP contribution in [0.4, 0.5) is 0 Å². The van der Waals surface area contributed by atoms with Crippen LogP contribution in [0, 0.1) is 0 Å². The Morgan fingerprint density at radius 3 is 0.968 bits per heavy atom. The molecule has 0 saturated carbocycles. The summed E-state index contributed by atoms with van der Waals surface area (Å²) < 4.78 is 13.3. The Labute approximate surface area is 198 Å². The third kappa shape index (κ3) is 20.5. The minimum Gasteiger partial charge on any atom is -0.394 e. The van der Waals surface area contributed by atoms with Crippen molar-refractivity contribution < 1.29 is 8.85 Å². The minimum absolute atomic E-state index is 0.920. The minimum atomic E-state index is -2.03. The Morgan fingerprint density at radius 2 is 0.645 bits per heavy atom. The second-order valence-electron chi connectivity index (χ2n) is 9.76. The quantitative estimate of drug-likeness (QED) is 0.0951. The zero-order chi connectivity index (χ0) is 22.9. The van der Waals surface area contributed by atoms with Gasteiger partial charge in [-0.15, -0.1) is 0 Å². The third-order valence-corrected chi connectivity index (χ3v) is 10.2. The van der Waals surface area contributed by atoms with E-state index in [-0.39, 0.29) is 0 Å². The Hall–Kier alpha value is 0.137. The molecule has 2 nitrogen and oxygen atoms in total. The van der Waals surface area contributed by atoms with Gasteiger partial charge in [0, 0.05) is 13.2 Å². The van der Waals surface area contributed by atoms with Gasteiger partial charge in [0.05, 0.1) is 0 Å². The average molecular weight is 457 g/mol. The fraction of sp³-hybridized carbons (Fsp3) is 1.00. The van der Waals surface area contributed by atoms with Crippen molar-refractivity contribution in [3.8, 4) is 0 Å². The molecule has 0 rings (SSSR count). The normalized spacial score (nSPS) is 12.0. The Balaban J connectivity index is 4.44. The molecule has 0 aliphatic carbocycles. The highest BCUT2D eigenvalue weighted by Crippen LogP contribution is 2.27. The molecule has 0 saturated heterocycles. The topological polar surface area (TPSA) is 18.5 Å². The van der Waals surface area contributed by atoms with Gasteiger partial charge in [0.25, 0.3) is 0 Å². The van der Waals surface area contributed by atoms with Crippen LogP contribution in [0.5, 0.6) is 0 Å². The van der Waals surface area contributed by atoms with Crippen molar-refractivity contribution in [2.45, 2.75) is 168 Å². The van der Waals surface area contributed by atoms with Gasteiger partial charge in [0.2, 0.25) is 0 Å². The molecular weight excluding hydrogens is 396 g/mol. The molecule has 188 valence electrons. The molecule has 0 heterocycles. The van der Waals surface area contributed by atoms with Gasteiger partial charge in [-0.25, -0.2) is 0 Å². The summed E-state index contributed by atoms with van der Waals surface area (Å²) in [7, 11) is -2.03. The first-order valence-corrected chi connectivity index (χ1v) is 16.8. The van der Waals surface area contributed by atoms with Crippen molar-refractivity contribution in [2.24, 2.45) is 0 Å². The number of unbranched alkanes of at least 4 members (excludes halogenated alkanes) is 16. The summed E-state index contributed by atoms with van der Waals surface area (Å²) >= 11 is 0. The monoisotopic (exact) mass is 456 g/mol. The molecule has 0 unspecified atom stereocenters. The molecule has 0 aromatic heterocycles. The highest BCUT2D eigenvalue weighted by atomic mass is 28.4. The molecule has 0 aromatic carbocycles. The largest absolute Gasteiger partial charge is 0.394 e. The zero-order valence-corrected chi connectivity index (χ0v) is 23.3. The van der Waals surface area contributed by atoms with Crippen LogP contribution in [-0.2, 0) is 8.85 Å². The molecular formula is C28H60O2Si. The van der Waals surface area contributed by atoms with Gasteiger partial charge in [-0.2, -0.15) is 0 Å². The lowest BCUT2D eigenvalue weighted by molar-refractivity contribution is 0.161. The first kappa shape index (κ1) is 31.1. The lowest BCUT2D eigenvalue weighted by Gasteiger charge is -2.31. The number of hydrogen-bond donors (Lipinski definition) is 0. The summed E-state index contributed by atoms with van der Waals surface area (Å²) in [6.07, 6.45) is 27.0. The molecule has 3 heteroatoms. The van der Waals surface area contributed by atoms with Crippen LogP contribution in [0.25, 0.3) is 0 Å². The maximum absolute atomic E-state index is 6.65. The van der Waals surface area contributed by atoms with Crippen molar-refractivity contribution >= 4 is 8.56 Å². The summed E-state index contributed by atoms with van der Waals surface area (Å²) in [6, 6.07) is 2.46. The summed E-state index contributed by atoms with van der Waals surface area (Å²) in [5, 5.41) is 0. The maximum Gasteiger partial charge on any atom is 0.338 e.